The summed E-state index contributed by atoms with van der Waals surface area (Å²) in [6.07, 6.45) is 2.00. The highest BCUT2D eigenvalue weighted by atomic mass is 32.2. The number of rotatable bonds is 5. The standard InChI is InChI=1S/C17H15F2NOS/c18-14-8-4-7-13(15(14)19)16(21)20-11-17(9-10-17)22-12-5-2-1-3-6-12/h1-8H,9-11H2,(H,20,21). The van der Waals surface area contributed by atoms with E-state index in [0.717, 1.165) is 23.8 Å². The van der Waals surface area contributed by atoms with Crippen molar-refractivity contribution in [1.82, 2.24) is 5.32 Å². The first-order valence-corrected chi connectivity index (χ1v) is 7.88. The maximum Gasteiger partial charge on any atom is 0.254 e. The average Bonchev–Trinajstić information content (AvgIpc) is 3.29. The van der Waals surface area contributed by atoms with Crippen LogP contribution >= 0.6 is 11.8 Å². The van der Waals surface area contributed by atoms with E-state index >= 15 is 0 Å². The van der Waals surface area contributed by atoms with E-state index in [-0.39, 0.29) is 10.3 Å². The second-order valence-electron chi connectivity index (χ2n) is 5.38. The second kappa shape index (κ2) is 6.08. The zero-order valence-corrected chi connectivity index (χ0v) is 12.6. The summed E-state index contributed by atoms with van der Waals surface area (Å²) in [5.74, 6) is -2.68. The fourth-order valence-electron chi connectivity index (χ4n) is 2.21. The van der Waals surface area contributed by atoms with Crippen LogP contribution in [0.2, 0.25) is 0 Å². The molecule has 0 aromatic heterocycles. The lowest BCUT2D eigenvalue weighted by molar-refractivity contribution is 0.0948. The van der Waals surface area contributed by atoms with Gasteiger partial charge in [-0.1, -0.05) is 24.3 Å². The molecule has 0 spiro atoms. The number of hydrogen-bond acceptors (Lipinski definition) is 2. The lowest BCUT2D eigenvalue weighted by Crippen LogP contribution is -2.32. The Morgan fingerprint density at radius 2 is 1.82 bits per heavy atom. The van der Waals surface area contributed by atoms with Crippen LogP contribution in [0.1, 0.15) is 23.2 Å². The van der Waals surface area contributed by atoms with Gasteiger partial charge in [-0.25, -0.2) is 8.78 Å². The third-order valence-corrected chi connectivity index (χ3v) is 5.15. The predicted molar refractivity (Wildman–Crippen MR) is 83.0 cm³/mol. The highest BCUT2D eigenvalue weighted by Crippen LogP contribution is 2.51. The maximum atomic E-state index is 13.6. The van der Waals surface area contributed by atoms with Gasteiger partial charge in [-0.15, -0.1) is 11.8 Å². The van der Waals surface area contributed by atoms with Gasteiger partial charge in [-0.05, 0) is 37.1 Å². The molecule has 0 unspecified atom stereocenters. The summed E-state index contributed by atoms with van der Waals surface area (Å²) in [6, 6.07) is 13.6. The normalized spacial score (nSPS) is 15.4. The Balaban J connectivity index is 1.62. The topological polar surface area (TPSA) is 29.1 Å². The molecule has 1 amide bonds. The molecule has 2 aromatic carbocycles. The van der Waals surface area contributed by atoms with Crippen molar-refractivity contribution in [2.24, 2.45) is 0 Å². The van der Waals surface area contributed by atoms with Crippen molar-refractivity contribution in [3.05, 3.63) is 65.7 Å². The number of carbonyl (C=O) groups is 1. The molecule has 0 heterocycles. The fourth-order valence-corrected chi connectivity index (χ4v) is 3.45. The van der Waals surface area contributed by atoms with Gasteiger partial charge in [0.1, 0.15) is 0 Å². The van der Waals surface area contributed by atoms with Crippen LogP contribution in [0.25, 0.3) is 0 Å². The third kappa shape index (κ3) is 3.30. The number of hydrogen-bond donors (Lipinski definition) is 1. The van der Waals surface area contributed by atoms with E-state index in [9.17, 15) is 13.6 Å². The van der Waals surface area contributed by atoms with E-state index in [1.165, 1.54) is 12.1 Å². The van der Waals surface area contributed by atoms with Gasteiger partial charge in [0.25, 0.3) is 5.91 Å². The molecule has 0 atom stereocenters. The first-order chi connectivity index (χ1) is 10.6. The Kier molecular flexibility index (Phi) is 4.16. The summed E-state index contributed by atoms with van der Waals surface area (Å²) in [5, 5.41) is 2.72. The molecule has 114 valence electrons. The Hall–Kier alpha value is -1.88. The third-order valence-electron chi connectivity index (χ3n) is 3.65. The van der Waals surface area contributed by atoms with E-state index in [2.05, 4.69) is 5.32 Å². The van der Waals surface area contributed by atoms with Gasteiger partial charge in [0.05, 0.1) is 5.56 Å². The molecule has 1 N–H and O–H groups in total. The quantitative estimate of drug-likeness (QED) is 0.902. The number of amides is 1. The molecule has 1 aliphatic rings. The van der Waals surface area contributed by atoms with Gasteiger partial charge in [-0.2, -0.15) is 0 Å². The number of nitrogens with one attached hydrogen (secondary N) is 1. The molecule has 1 aliphatic carbocycles. The minimum Gasteiger partial charge on any atom is -0.351 e. The van der Waals surface area contributed by atoms with Crippen LogP contribution in [-0.2, 0) is 0 Å². The molecule has 0 aliphatic heterocycles. The van der Waals surface area contributed by atoms with Gasteiger partial charge < -0.3 is 5.32 Å². The molecule has 1 saturated carbocycles. The first-order valence-electron chi connectivity index (χ1n) is 7.06. The SMILES string of the molecule is O=C(NCC1(Sc2ccccc2)CC1)c1cccc(F)c1F. The monoisotopic (exact) mass is 319 g/mol. The van der Waals surface area contributed by atoms with Gasteiger partial charge in [0.2, 0.25) is 0 Å². The molecule has 5 heteroatoms. The van der Waals surface area contributed by atoms with Crippen molar-refractivity contribution in [3.63, 3.8) is 0 Å². The van der Waals surface area contributed by atoms with Gasteiger partial charge in [0, 0.05) is 16.2 Å². The molecule has 0 bridgehead atoms. The summed E-state index contributed by atoms with van der Waals surface area (Å²) in [7, 11) is 0. The van der Waals surface area contributed by atoms with Crippen molar-refractivity contribution >= 4 is 17.7 Å². The van der Waals surface area contributed by atoms with Crippen molar-refractivity contribution in [2.45, 2.75) is 22.5 Å². The van der Waals surface area contributed by atoms with Crippen molar-refractivity contribution in [2.75, 3.05) is 6.54 Å². The largest absolute Gasteiger partial charge is 0.351 e. The number of halogens is 2. The Morgan fingerprint density at radius 1 is 1.09 bits per heavy atom. The van der Waals surface area contributed by atoms with E-state index < -0.39 is 17.5 Å². The Morgan fingerprint density at radius 3 is 2.50 bits per heavy atom. The van der Waals surface area contributed by atoms with Crippen molar-refractivity contribution < 1.29 is 13.6 Å². The minimum atomic E-state index is -1.10. The van der Waals surface area contributed by atoms with Crippen molar-refractivity contribution in [1.29, 1.82) is 0 Å². The summed E-state index contributed by atoms with van der Waals surface area (Å²) >= 11 is 1.72. The van der Waals surface area contributed by atoms with Crippen LogP contribution in [-0.4, -0.2) is 17.2 Å². The fraction of sp³-hybridized carbons (Fsp3) is 0.235. The van der Waals surface area contributed by atoms with Crippen LogP contribution in [0.4, 0.5) is 8.78 Å². The zero-order valence-electron chi connectivity index (χ0n) is 11.8. The number of thioether (sulfide) groups is 1. The number of benzene rings is 2. The maximum absolute atomic E-state index is 13.6. The molecule has 0 radical (unpaired) electrons. The lowest BCUT2D eigenvalue weighted by Gasteiger charge is -2.16. The molecular formula is C17H15F2NOS. The van der Waals surface area contributed by atoms with Crippen LogP contribution in [0.5, 0.6) is 0 Å². The molecule has 2 nitrogen and oxygen atoms in total. The Bertz CT molecular complexity index is 686. The molecule has 0 saturated heterocycles. The van der Waals surface area contributed by atoms with Crippen LogP contribution < -0.4 is 5.32 Å². The van der Waals surface area contributed by atoms with E-state index in [4.69, 9.17) is 0 Å². The van der Waals surface area contributed by atoms with Gasteiger partial charge in [-0.3, -0.25) is 4.79 Å². The highest BCUT2D eigenvalue weighted by Gasteiger charge is 2.44. The number of carbonyl (C=O) groups excluding carboxylic acids is 1. The second-order valence-corrected chi connectivity index (χ2v) is 6.92. The van der Waals surface area contributed by atoms with E-state index in [0.29, 0.717) is 6.54 Å². The average molecular weight is 319 g/mol. The first kappa shape index (κ1) is 15.0. The molecular weight excluding hydrogens is 304 g/mol. The van der Waals surface area contributed by atoms with Crippen LogP contribution in [0.3, 0.4) is 0 Å². The smallest absolute Gasteiger partial charge is 0.254 e. The lowest BCUT2D eigenvalue weighted by atomic mass is 10.2. The summed E-state index contributed by atoms with van der Waals surface area (Å²) in [5.41, 5.74) is -0.250. The summed E-state index contributed by atoms with van der Waals surface area (Å²) in [6.45, 7) is 0.446. The molecule has 3 rings (SSSR count). The van der Waals surface area contributed by atoms with Crippen molar-refractivity contribution in [3.8, 4) is 0 Å². The predicted octanol–water partition coefficient (Wildman–Crippen LogP) is 4.02. The minimum absolute atomic E-state index is 0.0270. The van der Waals surface area contributed by atoms with E-state index in [1.54, 1.807) is 11.8 Å². The Labute approximate surface area is 131 Å². The summed E-state index contributed by atoms with van der Waals surface area (Å²) in [4.78, 5) is 13.2. The summed E-state index contributed by atoms with van der Waals surface area (Å²) < 4.78 is 26.7. The van der Waals surface area contributed by atoms with Gasteiger partial charge >= 0.3 is 0 Å². The highest BCUT2D eigenvalue weighted by molar-refractivity contribution is 8.01. The van der Waals surface area contributed by atoms with Crippen LogP contribution in [0.15, 0.2) is 53.4 Å². The van der Waals surface area contributed by atoms with Gasteiger partial charge in [0.15, 0.2) is 11.6 Å². The zero-order chi connectivity index (χ0) is 15.6. The molecule has 2 aromatic rings. The van der Waals surface area contributed by atoms with E-state index in [1.807, 2.05) is 30.3 Å². The molecule has 1 fully saturated rings. The molecule has 22 heavy (non-hydrogen) atoms. The van der Waals surface area contributed by atoms with Crippen LogP contribution in [0, 0.1) is 11.6 Å².